The molecule has 0 spiro atoms. The molecule has 10 nitrogen and oxygen atoms in total. The van der Waals surface area contributed by atoms with Crippen molar-refractivity contribution < 1.29 is 51.6 Å². The molecule has 0 fully saturated rings. The highest BCUT2D eigenvalue weighted by atomic mass is 15.2. The lowest BCUT2D eigenvalue weighted by Gasteiger charge is -2.21. The first-order valence-corrected chi connectivity index (χ1v) is 51.5. The summed E-state index contributed by atoms with van der Waals surface area (Å²) < 4.78 is 190. The second-order valence-corrected chi connectivity index (χ2v) is 40.3. The largest absolute Gasteiger partial charge is 0.294 e. The SMILES string of the molecule is [2H]C([2H])([2H])c1ccccc1-c1cccc(-c2n(-c3c(C(C)C)cc(-c4ccccc4)cc3C(C)C)cc[n+]2C)c1C.[2H]C([2H])([2H])c1ccccc1-c1cccc(-c2n(-c3c(C(C)C)cccc3C(C)C)cc[n+]2C)c1C.[2H]C([2H])([2H])c1ccccc1-c1cccc(-c2n(-c3c(C([2H])([2H])[2H])cc(C)cc3C([2H])([2H])[2H])cc[n+]2C)c1C.[2H]C([2H])([2H])c1ccccc1-c1cccc(-c2n(-c3ccccc3)cc[n+]2C)c1C.[2H]C([2H])([2H])c1ccccc1-c1cccc(-c2n(C)c3ccccc3[n+]2C)c1C. The Morgan fingerprint density at radius 2 is 0.487 bits per heavy atom. The molecule has 21 aromatic rings. The van der Waals surface area contributed by atoms with Gasteiger partial charge in [-0.1, -0.05) is 334 Å². The Bertz CT molecular complexity index is 9250. The van der Waals surface area contributed by atoms with Gasteiger partial charge >= 0.3 is 0 Å². The molecular weight excluding hydrogens is 1820 g/mol. The van der Waals surface area contributed by atoms with Gasteiger partial charge < -0.3 is 0 Å². The highest BCUT2D eigenvalue weighted by molar-refractivity contribution is 5.85. The third-order valence-corrected chi connectivity index (χ3v) is 29.1. The van der Waals surface area contributed by atoms with Gasteiger partial charge in [0.05, 0.1) is 70.1 Å². The molecule has 21 rings (SSSR count). The van der Waals surface area contributed by atoms with Crippen molar-refractivity contribution in [1.82, 2.24) is 22.8 Å². The van der Waals surface area contributed by atoms with Crippen LogP contribution >= 0.6 is 0 Å². The molecule has 0 aliphatic rings. The van der Waals surface area contributed by atoms with Crippen LogP contribution < -0.4 is 22.8 Å². The fraction of sp³-hybridized carbons (Fsp3) is 0.221. The lowest BCUT2D eigenvalue weighted by Crippen LogP contribution is -2.30. The first kappa shape index (κ1) is 80.9. The topological polar surface area (TPSA) is 44.0 Å². The standard InChI is InChI=1S/C36H39N2.C30H35N2.C27H29N2.C24H23N2.C23H23N2/c1-24(2)33-22-29(28-15-9-8-10-16-28)23-34(25(3)4)35(33)38-21-20-37(7)36(38)32-19-13-18-31(27(32)6)30-17-12-11-14-26(30)5;1-20(2)24-14-10-15-25(21(3)4)29(24)32-19-18-31(7)30(32)28-17-11-16-27(23(28)6)26-13-9-8-12-22(26)5;1-18-16-20(3)26(21(4)17-18)29-15-14-28(6)27(29)25-13-9-12-24(22(25)5)23-11-8-7-10-19(23)2;1-18-10-7-8-13-21(18)22-14-9-15-23(19(22)2)24-25(3)16-17-26(24)20-11-5-4-6-12-20;1-16-10-5-6-11-18(16)19-12-9-13-20(17(19)2)23-24(3)21-14-7-8-15-22(21)25(23)4/h8-25H,1-7H3;8-21H,1-7H3;7-17H,1-6H3;4-17H,1-3H3;5-15H,1-4H3/q5*+1/i2*5D3;2D3,3D3,4D3;2*1D3. The maximum atomic E-state index is 8.19. The summed E-state index contributed by atoms with van der Waals surface area (Å²) in [6, 6.07) is 110. The molecule has 0 saturated carbocycles. The Morgan fingerprint density at radius 3 is 0.813 bits per heavy atom. The predicted octanol–water partition coefficient (Wildman–Crippen LogP) is 33.1. The summed E-state index contributed by atoms with van der Waals surface area (Å²) in [5.74, 6) is 6.21. The smallest absolute Gasteiger partial charge is 0.232 e. The normalized spacial score (nSPS) is 13.9. The zero-order valence-electron chi connectivity index (χ0n) is 111. The number of nitrogens with zero attached hydrogens (tertiary/aromatic N) is 10. The van der Waals surface area contributed by atoms with Crippen LogP contribution in [0.3, 0.4) is 0 Å². The zero-order valence-corrected chi connectivity index (χ0v) is 89.7. The highest BCUT2D eigenvalue weighted by Gasteiger charge is 2.34. The Kier molecular flexibility index (Phi) is 24.6. The summed E-state index contributed by atoms with van der Waals surface area (Å²) in [5.41, 5.74) is 34.0. The van der Waals surface area contributed by atoms with Crippen LogP contribution in [0.25, 0.3) is 157 Å². The highest BCUT2D eigenvalue weighted by Crippen LogP contribution is 2.45. The molecule has 0 aliphatic heterocycles. The van der Waals surface area contributed by atoms with Crippen LogP contribution in [-0.4, -0.2) is 22.8 Å². The second-order valence-electron chi connectivity index (χ2n) is 40.3. The molecule has 0 aliphatic carbocycles. The molecule has 5 heterocycles. The van der Waals surface area contributed by atoms with Gasteiger partial charge in [0.1, 0.15) is 72.3 Å². The van der Waals surface area contributed by atoms with E-state index in [4.69, 9.17) is 28.8 Å². The van der Waals surface area contributed by atoms with Crippen molar-refractivity contribution in [2.75, 3.05) is 0 Å². The van der Waals surface area contributed by atoms with Crippen LogP contribution in [0, 0.1) is 89.5 Å². The minimum Gasteiger partial charge on any atom is -0.232 e. The van der Waals surface area contributed by atoms with Crippen molar-refractivity contribution >= 4 is 11.0 Å². The molecule has 10 heteroatoms. The molecule has 754 valence electrons. The van der Waals surface area contributed by atoms with Gasteiger partial charge in [0.25, 0.3) is 29.1 Å². The van der Waals surface area contributed by atoms with Crippen molar-refractivity contribution in [2.24, 2.45) is 42.3 Å². The molecule has 16 aromatic carbocycles. The van der Waals surface area contributed by atoms with Crippen molar-refractivity contribution in [2.45, 2.75) is 169 Å². The van der Waals surface area contributed by atoms with Crippen molar-refractivity contribution in [1.29, 1.82) is 0 Å². The van der Waals surface area contributed by atoms with E-state index in [0.29, 0.717) is 68.4 Å². The van der Waals surface area contributed by atoms with Gasteiger partial charge in [0.15, 0.2) is 11.0 Å². The van der Waals surface area contributed by atoms with Gasteiger partial charge in [-0.3, -0.25) is 0 Å². The van der Waals surface area contributed by atoms with Gasteiger partial charge in [-0.05, 0) is 313 Å². The maximum Gasteiger partial charge on any atom is 0.294 e. The van der Waals surface area contributed by atoms with E-state index in [2.05, 4.69) is 282 Å². The first-order valence-electron chi connectivity index (χ1n) is 62.0. The molecule has 0 amide bonds. The molecule has 150 heavy (non-hydrogen) atoms. The van der Waals surface area contributed by atoms with Crippen LogP contribution in [-0.2, 0) is 42.3 Å². The predicted molar refractivity (Wildman–Crippen MR) is 630 cm³/mol. The summed E-state index contributed by atoms with van der Waals surface area (Å²) in [5, 5.41) is 0. The maximum absolute atomic E-state index is 8.19. The number of fused-ring (bicyclic) bond motifs is 1. The number of benzene rings is 16. The number of hydrogen-bond donors (Lipinski definition) is 0. The summed E-state index contributed by atoms with van der Waals surface area (Å²) in [4.78, 5) is 0. The van der Waals surface area contributed by atoms with E-state index in [0.717, 1.165) is 140 Å². The average molecular weight is 1990 g/mol. The number of imidazole rings is 5. The van der Waals surface area contributed by atoms with Crippen LogP contribution in [0.2, 0.25) is 0 Å². The lowest BCUT2D eigenvalue weighted by molar-refractivity contribution is -0.659. The van der Waals surface area contributed by atoms with E-state index >= 15 is 0 Å². The molecule has 5 aromatic heterocycles. The molecule has 0 N–H and O–H groups in total. The van der Waals surface area contributed by atoms with Crippen molar-refractivity contribution in [3.63, 3.8) is 0 Å². The molecule has 0 radical (unpaired) electrons. The average Bonchev–Trinajstić information content (AvgIpc) is 2.02. The number of aromatic nitrogens is 10. The number of aryl methyl sites for hydroxylation is 14. The third-order valence-electron chi connectivity index (χ3n) is 29.1. The van der Waals surface area contributed by atoms with Crippen LogP contribution in [0.5, 0.6) is 0 Å². The van der Waals surface area contributed by atoms with Gasteiger partial charge in [-0.15, -0.1) is 0 Å². The van der Waals surface area contributed by atoms with Gasteiger partial charge in [-0.2, -0.15) is 18.3 Å². The fourth-order valence-corrected chi connectivity index (χ4v) is 21.3. The number of rotatable bonds is 19. The van der Waals surface area contributed by atoms with Crippen LogP contribution in [0.4, 0.5) is 0 Å². The second kappa shape index (κ2) is 45.7. The Hall–Kier alpha value is -16.2. The minimum atomic E-state index is -2.56. The quantitative estimate of drug-likeness (QED) is 0.0725. The van der Waals surface area contributed by atoms with E-state index in [1.54, 1.807) is 108 Å². The lowest BCUT2D eigenvalue weighted by atomic mass is 9.88. The van der Waals surface area contributed by atoms with E-state index < -0.39 is 48.0 Å². The molecule has 0 saturated heterocycles. The number of para-hydroxylation sites is 4. The van der Waals surface area contributed by atoms with Gasteiger partial charge in [0.2, 0.25) is 0 Å². The summed E-state index contributed by atoms with van der Waals surface area (Å²) >= 11 is 0. The minimum absolute atomic E-state index is 0.0531. The molecule has 0 atom stereocenters. The first-order chi connectivity index (χ1) is 80.7. The van der Waals surface area contributed by atoms with Gasteiger partial charge in [-0.25, -0.2) is 27.4 Å². The Balaban J connectivity index is 0.000000143. The zero-order chi connectivity index (χ0) is 124. The van der Waals surface area contributed by atoms with Crippen LogP contribution in [0.15, 0.2) is 389 Å². The van der Waals surface area contributed by atoms with E-state index in [1.165, 1.54) is 56.9 Å². The molecule has 0 bridgehead atoms. The van der Waals surface area contributed by atoms with E-state index in [9.17, 15) is 0 Å². The Morgan fingerprint density at radius 1 is 0.227 bits per heavy atom. The van der Waals surface area contributed by atoms with E-state index in [-0.39, 0.29) is 22.4 Å². The molecule has 0 unspecified atom stereocenters. The molecular formula is C140H149N10+5. The van der Waals surface area contributed by atoms with Gasteiger partial charge in [0, 0.05) is 51.0 Å². The van der Waals surface area contributed by atoms with Crippen molar-refractivity contribution in [3.8, 4) is 146 Å². The number of hydrogen-bond acceptors (Lipinski definition) is 0. The summed E-state index contributed by atoms with van der Waals surface area (Å²) in [6.45, 7) is 13.8. The Labute approximate surface area is 921 Å². The monoisotopic (exact) mass is 1990 g/mol. The van der Waals surface area contributed by atoms with Crippen LogP contribution in [0.1, 0.15) is 202 Å². The van der Waals surface area contributed by atoms with E-state index in [1.807, 2.05) is 172 Å². The third kappa shape index (κ3) is 21.3. The van der Waals surface area contributed by atoms with Crippen molar-refractivity contribution in [3.05, 3.63) is 484 Å². The summed E-state index contributed by atoms with van der Waals surface area (Å²) in [6.07, 6.45) is 16.0. The summed E-state index contributed by atoms with van der Waals surface area (Å²) in [7, 11) is 12.1. The fourth-order valence-electron chi connectivity index (χ4n) is 21.3.